The van der Waals surface area contributed by atoms with Gasteiger partial charge in [0.2, 0.25) is 5.91 Å². The first kappa shape index (κ1) is 25.8. The van der Waals surface area contributed by atoms with Crippen LogP contribution >= 0.6 is 0 Å². The van der Waals surface area contributed by atoms with Crippen molar-refractivity contribution < 1.29 is 24.2 Å². The van der Waals surface area contributed by atoms with Crippen molar-refractivity contribution in [3.63, 3.8) is 0 Å². The lowest BCUT2D eigenvalue weighted by atomic mass is 9.95. The van der Waals surface area contributed by atoms with E-state index in [9.17, 15) is 19.5 Å². The van der Waals surface area contributed by atoms with Gasteiger partial charge in [0, 0.05) is 18.9 Å². The summed E-state index contributed by atoms with van der Waals surface area (Å²) in [6.45, 7) is 7.25. The lowest BCUT2D eigenvalue weighted by molar-refractivity contribution is -0.146. The van der Waals surface area contributed by atoms with Crippen molar-refractivity contribution in [2.75, 3.05) is 19.7 Å². The summed E-state index contributed by atoms with van der Waals surface area (Å²) in [5.41, 5.74) is 4.09. The van der Waals surface area contributed by atoms with Crippen molar-refractivity contribution in [3.05, 3.63) is 59.7 Å². The molecule has 2 amide bonds. The SMILES string of the molecule is CC#CCC(NC(=O)OCC1c2ccccc2-c2ccccc21)C(=O)N(CC(=O)O)CC(C)(C)C. The van der Waals surface area contributed by atoms with Gasteiger partial charge in [0.15, 0.2) is 0 Å². The zero-order valence-electron chi connectivity index (χ0n) is 20.6. The van der Waals surface area contributed by atoms with Crippen molar-refractivity contribution in [3.8, 4) is 23.0 Å². The molecule has 7 heteroatoms. The normalized spacial score (nSPS) is 13.0. The molecule has 0 aliphatic heterocycles. The Hall–Kier alpha value is -3.79. The number of benzene rings is 2. The Labute approximate surface area is 206 Å². The maximum atomic E-state index is 13.2. The highest BCUT2D eigenvalue weighted by molar-refractivity contribution is 5.88. The smallest absolute Gasteiger partial charge is 0.407 e. The summed E-state index contributed by atoms with van der Waals surface area (Å²) in [4.78, 5) is 38.6. The van der Waals surface area contributed by atoms with Crippen molar-refractivity contribution in [2.45, 2.75) is 46.1 Å². The number of hydrogen-bond donors (Lipinski definition) is 2. The quantitative estimate of drug-likeness (QED) is 0.555. The van der Waals surface area contributed by atoms with Gasteiger partial charge in [-0.2, -0.15) is 0 Å². The zero-order chi connectivity index (χ0) is 25.6. The molecule has 184 valence electrons. The van der Waals surface area contributed by atoms with E-state index >= 15 is 0 Å². The number of rotatable bonds is 8. The highest BCUT2D eigenvalue weighted by Gasteiger charge is 2.32. The van der Waals surface area contributed by atoms with Crippen LogP contribution < -0.4 is 5.32 Å². The maximum Gasteiger partial charge on any atom is 0.407 e. The maximum absolute atomic E-state index is 13.2. The first-order chi connectivity index (χ1) is 16.6. The van der Waals surface area contributed by atoms with E-state index in [1.165, 1.54) is 4.90 Å². The van der Waals surface area contributed by atoms with Gasteiger partial charge in [-0.25, -0.2) is 4.79 Å². The number of fused-ring (bicyclic) bond motifs is 3. The van der Waals surface area contributed by atoms with Gasteiger partial charge in [-0.05, 0) is 34.6 Å². The van der Waals surface area contributed by atoms with E-state index in [0.717, 1.165) is 22.3 Å². The fourth-order valence-electron chi connectivity index (χ4n) is 4.35. The van der Waals surface area contributed by atoms with Crippen LogP contribution in [0.1, 0.15) is 51.2 Å². The van der Waals surface area contributed by atoms with E-state index in [4.69, 9.17) is 4.74 Å². The van der Waals surface area contributed by atoms with E-state index in [1.807, 2.05) is 57.2 Å². The molecular formula is C28H32N2O5. The van der Waals surface area contributed by atoms with Crippen LogP contribution in [0, 0.1) is 17.3 Å². The number of hydrogen-bond acceptors (Lipinski definition) is 4. The first-order valence-corrected chi connectivity index (χ1v) is 11.6. The van der Waals surface area contributed by atoms with Gasteiger partial charge in [0.25, 0.3) is 0 Å². The molecule has 1 unspecified atom stereocenters. The van der Waals surface area contributed by atoms with Crippen LogP contribution in [0.25, 0.3) is 11.1 Å². The number of alkyl carbamates (subject to hydrolysis) is 1. The Morgan fingerprint density at radius 2 is 1.63 bits per heavy atom. The number of aliphatic carboxylic acids is 1. The summed E-state index contributed by atoms with van der Waals surface area (Å²) in [6.07, 6.45) is -0.686. The molecule has 0 fully saturated rings. The molecule has 0 saturated carbocycles. The number of carboxylic acid groups (broad SMARTS) is 1. The highest BCUT2D eigenvalue weighted by atomic mass is 16.5. The molecular weight excluding hydrogens is 444 g/mol. The summed E-state index contributed by atoms with van der Waals surface area (Å²) < 4.78 is 5.58. The van der Waals surface area contributed by atoms with Gasteiger partial charge >= 0.3 is 12.1 Å². The van der Waals surface area contributed by atoms with Crippen LogP contribution in [-0.2, 0) is 14.3 Å². The molecule has 35 heavy (non-hydrogen) atoms. The molecule has 2 aromatic carbocycles. The summed E-state index contributed by atoms with van der Waals surface area (Å²) in [7, 11) is 0. The molecule has 0 saturated heterocycles. The molecule has 2 N–H and O–H groups in total. The van der Waals surface area contributed by atoms with Crippen molar-refractivity contribution in [1.29, 1.82) is 0 Å². The number of amides is 2. The van der Waals surface area contributed by atoms with Crippen LogP contribution in [0.15, 0.2) is 48.5 Å². The second-order valence-corrected chi connectivity index (χ2v) is 9.80. The molecule has 0 spiro atoms. The Bertz CT molecular complexity index is 1110. The largest absolute Gasteiger partial charge is 0.480 e. The van der Waals surface area contributed by atoms with Gasteiger partial charge < -0.3 is 20.1 Å². The van der Waals surface area contributed by atoms with Crippen molar-refractivity contribution >= 4 is 18.0 Å². The van der Waals surface area contributed by atoms with Crippen LogP contribution in [0.2, 0.25) is 0 Å². The topological polar surface area (TPSA) is 95.9 Å². The lowest BCUT2D eigenvalue weighted by Crippen LogP contribution is -2.52. The van der Waals surface area contributed by atoms with Crippen molar-refractivity contribution in [2.24, 2.45) is 5.41 Å². The number of ether oxygens (including phenoxy) is 1. The van der Waals surface area contributed by atoms with Gasteiger partial charge in [-0.3, -0.25) is 9.59 Å². The second-order valence-electron chi connectivity index (χ2n) is 9.80. The second kappa shape index (κ2) is 11.1. The summed E-state index contributed by atoms with van der Waals surface area (Å²) in [5.74, 6) is 3.81. The van der Waals surface area contributed by atoms with Gasteiger partial charge in [-0.15, -0.1) is 11.8 Å². The zero-order valence-corrected chi connectivity index (χ0v) is 20.6. The minimum atomic E-state index is -1.12. The van der Waals surface area contributed by atoms with Gasteiger partial charge in [-0.1, -0.05) is 69.3 Å². The van der Waals surface area contributed by atoms with Crippen molar-refractivity contribution in [1.82, 2.24) is 10.2 Å². The standard InChI is InChI=1S/C28H32N2O5/c1-5-6-15-24(26(33)30(16-25(31)32)18-28(2,3)4)29-27(34)35-17-23-21-13-9-7-11-19(21)20-12-8-10-14-22(20)23/h7-14,23-24H,15-18H2,1-4H3,(H,29,34)(H,31,32). The fraction of sp³-hybridized carbons (Fsp3) is 0.393. The predicted molar refractivity (Wildman–Crippen MR) is 134 cm³/mol. The minimum Gasteiger partial charge on any atom is -0.480 e. The Morgan fingerprint density at radius 3 is 2.14 bits per heavy atom. The Morgan fingerprint density at radius 1 is 1.06 bits per heavy atom. The monoisotopic (exact) mass is 476 g/mol. The Balaban J connectivity index is 1.72. The molecule has 7 nitrogen and oxygen atoms in total. The summed E-state index contributed by atoms with van der Waals surface area (Å²) in [5, 5.41) is 11.9. The van der Waals surface area contributed by atoms with Crippen LogP contribution in [0.4, 0.5) is 4.79 Å². The molecule has 0 radical (unpaired) electrons. The summed E-state index contributed by atoms with van der Waals surface area (Å²) >= 11 is 0. The third kappa shape index (κ3) is 6.63. The fourth-order valence-corrected chi connectivity index (χ4v) is 4.35. The molecule has 3 rings (SSSR count). The third-order valence-electron chi connectivity index (χ3n) is 5.72. The number of carbonyl (C=O) groups is 3. The number of nitrogens with zero attached hydrogens (tertiary/aromatic N) is 1. The lowest BCUT2D eigenvalue weighted by Gasteiger charge is -2.31. The Kier molecular flexibility index (Phi) is 8.18. The molecule has 2 aromatic rings. The van der Waals surface area contributed by atoms with E-state index < -0.39 is 30.6 Å². The molecule has 0 aromatic heterocycles. The predicted octanol–water partition coefficient (Wildman–Crippen LogP) is 4.27. The van der Waals surface area contributed by atoms with Gasteiger partial charge in [0.05, 0.1) is 0 Å². The summed E-state index contributed by atoms with van der Waals surface area (Å²) in [6, 6.07) is 15.0. The van der Waals surface area contributed by atoms with E-state index in [0.29, 0.717) is 0 Å². The van der Waals surface area contributed by atoms with Gasteiger partial charge in [0.1, 0.15) is 19.2 Å². The molecule has 0 bridgehead atoms. The molecule has 0 heterocycles. The number of carboxylic acids is 1. The van der Waals surface area contributed by atoms with Crippen LogP contribution in [0.3, 0.4) is 0 Å². The minimum absolute atomic E-state index is 0.0553. The highest BCUT2D eigenvalue weighted by Crippen LogP contribution is 2.44. The molecule has 1 atom stereocenters. The van der Waals surface area contributed by atoms with E-state index in [2.05, 4.69) is 29.3 Å². The number of nitrogens with one attached hydrogen (secondary N) is 1. The van der Waals surface area contributed by atoms with E-state index in [1.54, 1.807) is 6.92 Å². The molecule has 1 aliphatic carbocycles. The average Bonchev–Trinajstić information content (AvgIpc) is 3.12. The first-order valence-electron chi connectivity index (χ1n) is 11.6. The number of carbonyl (C=O) groups excluding carboxylic acids is 2. The molecule has 1 aliphatic rings. The van der Waals surface area contributed by atoms with E-state index in [-0.39, 0.29) is 30.9 Å². The third-order valence-corrected chi connectivity index (χ3v) is 5.72. The van der Waals surface area contributed by atoms with Crippen LogP contribution in [0.5, 0.6) is 0 Å². The average molecular weight is 477 g/mol. The van der Waals surface area contributed by atoms with Crippen LogP contribution in [-0.4, -0.2) is 53.7 Å².